The van der Waals surface area contributed by atoms with Gasteiger partial charge in [-0.1, -0.05) is 66.7 Å². The largest absolute Gasteiger partial charge is 0.465 e. The molecule has 0 aliphatic carbocycles. The minimum atomic E-state index is -0.718. The lowest BCUT2D eigenvalue weighted by Crippen LogP contribution is -2.29. The third-order valence-electron chi connectivity index (χ3n) is 4.91. The number of hydrogen-bond acceptors (Lipinski definition) is 4. The quantitative estimate of drug-likeness (QED) is 0.245. The van der Waals surface area contributed by atoms with Crippen molar-refractivity contribution in [3.05, 3.63) is 83.4 Å². The number of carbonyl (C=O) groups excluding carboxylic acids is 3. The van der Waals surface area contributed by atoms with E-state index in [1.54, 1.807) is 35.2 Å². The molecule has 1 atom stereocenters. The van der Waals surface area contributed by atoms with Gasteiger partial charge in [0, 0.05) is 18.7 Å². The number of Topliss-reactive ketones (excluding diaryl/α,β-unsaturated/α-hetero) is 1. The molecule has 3 rings (SSSR count). The highest BCUT2D eigenvalue weighted by molar-refractivity contribution is 6.24. The molecule has 0 aromatic heterocycles. The van der Waals surface area contributed by atoms with Crippen LogP contribution >= 0.6 is 0 Å². The summed E-state index contributed by atoms with van der Waals surface area (Å²) in [6.45, 7) is 1.23. The summed E-state index contributed by atoms with van der Waals surface area (Å²) in [5, 5.41) is 0. The van der Waals surface area contributed by atoms with Crippen LogP contribution in [0.3, 0.4) is 0 Å². The van der Waals surface area contributed by atoms with Gasteiger partial charge in [0.15, 0.2) is 5.78 Å². The lowest BCUT2D eigenvalue weighted by molar-refractivity contribution is -0.135. The molecular formula is C23H23NO4. The Kier molecular flexibility index (Phi) is 6.37. The molecule has 1 fully saturated rings. The number of benzene rings is 2. The van der Waals surface area contributed by atoms with Gasteiger partial charge in [0.1, 0.15) is 5.57 Å². The monoisotopic (exact) mass is 377 g/mol. The number of ether oxygens (including phenoxy) is 1. The topological polar surface area (TPSA) is 63.7 Å². The van der Waals surface area contributed by atoms with Gasteiger partial charge in [0.25, 0.3) is 0 Å². The Morgan fingerprint density at radius 1 is 1.07 bits per heavy atom. The number of methoxy groups -OCH3 is 1. The van der Waals surface area contributed by atoms with Gasteiger partial charge >= 0.3 is 5.97 Å². The second-order valence-corrected chi connectivity index (χ2v) is 6.72. The Morgan fingerprint density at radius 2 is 1.71 bits per heavy atom. The Morgan fingerprint density at radius 3 is 2.36 bits per heavy atom. The fourth-order valence-electron chi connectivity index (χ4n) is 3.34. The van der Waals surface area contributed by atoms with Crippen molar-refractivity contribution in [2.45, 2.75) is 12.8 Å². The van der Waals surface area contributed by atoms with Crippen molar-refractivity contribution in [1.82, 2.24) is 4.90 Å². The third-order valence-corrected chi connectivity index (χ3v) is 4.91. The molecule has 1 aliphatic rings. The summed E-state index contributed by atoms with van der Waals surface area (Å²) in [5.41, 5.74) is 1.48. The van der Waals surface area contributed by atoms with Gasteiger partial charge in [-0.15, -0.1) is 0 Å². The first-order valence-electron chi connectivity index (χ1n) is 9.32. The lowest BCUT2D eigenvalue weighted by Gasteiger charge is -2.16. The SMILES string of the molecule is COC(=O)/C(=C\C1CCN(CCc2ccccc2)C1=O)C(=O)c1ccccc1. The molecule has 5 heteroatoms. The molecule has 28 heavy (non-hydrogen) atoms. The van der Waals surface area contributed by atoms with Crippen LogP contribution in [0.15, 0.2) is 72.3 Å². The van der Waals surface area contributed by atoms with Crippen molar-refractivity contribution in [2.75, 3.05) is 20.2 Å². The first-order chi connectivity index (χ1) is 13.6. The van der Waals surface area contributed by atoms with Gasteiger partial charge in [-0.3, -0.25) is 9.59 Å². The number of ketones is 1. The van der Waals surface area contributed by atoms with Crippen molar-refractivity contribution < 1.29 is 19.1 Å². The van der Waals surface area contributed by atoms with Crippen LogP contribution in [0.4, 0.5) is 0 Å². The van der Waals surface area contributed by atoms with E-state index in [-0.39, 0.29) is 11.5 Å². The number of amides is 1. The van der Waals surface area contributed by atoms with Gasteiger partial charge in [-0.2, -0.15) is 0 Å². The van der Waals surface area contributed by atoms with Crippen LogP contribution in [-0.4, -0.2) is 42.8 Å². The summed E-state index contributed by atoms with van der Waals surface area (Å²) in [5.74, 6) is -1.69. The first-order valence-corrected chi connectivity index (χ1v) is 9.32. The molecule has 0 bridgehead atoms. The van der Waals surface area contributed by atoms with Crippen LogP contribution in [0, 0.1) is 5.92 Å². The Hall–Kier alpha value is -3.21. The predicted octanol–water partition coefficient (Wildman–Crippen LogP) is 3.06. The highest BCUT2D eigenvalue weighted by Crippen LogP contribution is 2.23. The molecule has 1 amide bonds. The number of nitrogens with zero attached hydrogens (tertiary/aromatic N) is 1. The van der Waals surface area contributed by atoms with Gasteiger partial charge in [0.2, 0.25) is 5.91 Å². The normalized spacial score (nSPS) is 16.9. The number of carbonyl (C=O) groups is 3. The number of esters is 1. The second-order valence-electron chi connectivity index (χ2n) is 6.72. The van der Waals surface area contributed by atoms with Crippen molar-refractivity contribution in [1.29, 1.82) is 0 Å². The van der Waals surface area contributed by atoms with E-state index in [2.05, 4.69) is 0 Å². The van der Waals surface area contributed by atoms with E-state index in [0.717, 1.165) is 6.42 Å². The molecule has 0 N–H and O–H groups in total. The summed E-state index contributed by atoms with van der Waals surface area (Å²) in [4.78, 5) is 39.5. The summed E-state index contributed by atoms with van der Waals surface area (Å²) < 4.78 is 4.78. The molecule has 2 aromatic rings. The maximum Gasteiger partial charge on any atom is 0.341 e. The van der Waals surface area contributed by atoms with Crippen molar-refractivity contribution in [3.63, 3.8) is 0 Å². The number of likely N-dealkylation sites (tertiary alicyclic amines) is 1. The molecule has 1 saturated heterocycles. The van der Waals surface area contributed by atoms with Gasteiger partial charge in [0.05, 0.1) is 13.0 Å². The van der Waals surface area contributed by atoms with Crippen molar-refractivity contribution in [3.8, 4) is 0 Å². The lowest BCUT2D eigenvalue weighted by atomic mass is 9.97. The van der Waals surface area contributed by atoms with Crippen LogP contribution in [-0.2, 0) is 20.7 Å². The fraction of sp³-hybridized carbons (Fsp3) is 0.261. The smallest absolute Gasteiger partial charge is 0.341 e. The molecule has 0 spiro atoms. The van der Waals surface area contributed by atoms with Gasteiger partial charge in [-0.25, -0.2) is 4.79 Å². The predicted molar refractivity (Wildman–Crippen MR) is 106 cm³/mol. The van der Waals surface area contributed by atoms with Crippen LogP contribution in [0.5, 0.6) is 0 Å². The molecule has 144 valence electrons. The molecule has 0 saturated carbocycles. The van der Waals surface area contributed by atoms with E-state index in [9.17, 15) is 14.4 Å². The number of rotatable bonds is 7. The fourth-order valence-corrected chi connectivity index (χ4v) is 3.34. The maximum atomic E-state index is 12.8. The second kappa shape index (κ2) is 9.13. The van der Waals surface area contributed by atoms with Crippen molar-refractivity contribution in [2.24, 2.45) is 5.92 Å². The van der Waals surface area contributed by atoms with Gasteiger partial charge in [-0.05, 0) is 18.4 Å². The Labute approximate surface area is 164 Å². The summed E-state index contributed by atoms with van der Waals surface area (Å²) >= 11 is 0. The molecular weight excluding hydrogens is 354 g/mol. The van der Waals surface area contributed by atoms with Crippen LogP contribution in [0.2, 0.25) is 0 Å². The molecule has 1 unspecified atom stereocenters. The van der Waals surface area contributed by atoms with Crippen LogP contribution in [0.25, 0.3) is 0 Å². The van der Waals surface area contributed by atoms with E-state index in [4.69, 9.17) is 4.74 Å². The zero-order chi connectivity index (χ0) is 19.9. The zero-order valence-electron chi connectivity index (χ0n) is 15.8. The first kappa shape index (κ1) is 19.5. The standard InChI is InChI=1S/C23H23NO4/c1-28-23(27)20(21(25)18-10-6-3-7-11-18)16-19-13-15-24(22(19)26)14-12-17-8-4-2-5-9-17/h2-11,16,19H,12-15H2,1H3/b20-16-. The number of hydrogen-bond donors (Lipinski definition) is 0. The Bertz CT molecular complexity index is 874. The van der Waals surface area contributed by atoms with E-state index < -0.39 is 17.7 Å². The molecule has 1 aliphatic heterocycles. The minimum absolute atomic E-state index is 0.0572. The molecule has 2 aromatic carbocycles. The summed E-state index contributed by atoms with van der Waals surface area (Å²) in [7, 11) is 1.23. The zero-order valence-corrected chi connectivity index (χ0v) is 15.8. The van der Waals surface area contributed by atoms with E-state index in [1.807, 2.05) is 30.3 Å². The molecule has 5 nitrogen and oxygen atoms in total. The maximum absolute atomic E-state index is 12.8. The van der Waals surface area contributed by atoms with Crippen molar-refractivity contribution >= 4 is 17.7 Å². The van der Waals surface area contributed by atoms with E-state index >= 15 is 0 Å². The Balaban J connectivity index is 1.73. The van der Waals surface area contributed by atoms with E-state index in [1.165, 1.54) is 18.7 Å². The van der Waals surface area contributed by atoms with Gasteiger partial charge < -0.3 is 9.64 Å². The van der Waals surface area contributed by atoms with Crippen LogP contribution in [0.1, 0.15) is 22.3 Å². The molecule has 0 radical (unpaired) electrons. The minimum Gasteiger partial charge on any atom is -0.465 e. The highest BCUT2D eigenvalue weighted by atomic mass is 16.5. The average molecular weight is 377 g/mol. The summed E-state index contributed by atoms with van der Waals surface area (Å²) in [6, 6.07) is 18.5. The summed E-state index contributed by atoms with van der Waals surface area (Å²) in [6.07, 6.45) is 2.83. The molecule has 1 heterocycles. The van der Waals surface area contributed by atoms with E-state index in [0.29, 0.717) is 25.1 Å². The average Bonchev–Trinajstić information content (AvgIpc) is 3.10. The highest BCUT2D eigenvalue weighted by Gasteiger charge is 2.32. The third kappa shape index (κ3) is 4.55. The van der Waals surface area contributed by atoms with Crippen LogP contribution < -0.4 is 0 Å².